The maximum Gasteiger partial charge on any atom is 0.411 e. The lowest BCUT2D eigenvalue weighted by atomic mass is 10.3. The minimum atomic E-state index is -0.497. The molecule has 0 radical (unpaired) electrons. The zero-order chi connectivity index (χ0) is 26.5. The first-order valence-corrected chi connectivity index (χ1v) is 13.1. The van der Waals surface area contributed by atoms with Crippen LogP contribution in [0.25, 0.3) is 0 Å². The highest BCUT2D eigenvalue weighted by Gasteiger charge is 2.17. The molecule has 4 heterocycles. The van der Waals surface area contributed by atoms with Crippen LogP contribution in [-0.2, 0) is 9.47 Å². The topological polar surface area (TPSA) is 112 Å². The first kappa shape index (κ1) is 28.4. The molecule has 0 unspecified atom stereocenters. The molecule has 0 aliphatic carbocycles. The van der Waals surface area contributed by atoms with Gasteiger partial charge in [-0.2, -0.15) is 0 Å². The number of piperazine rings is 2. The monoisotopic (exact) mass is 514 g/mol. The van der Waals surface area contributed by atoms with Gasteiger partial charge in [-0.1, -0.05) is 13.8 Å². The highest BCUT2D eigenvalue weighted by molar-refractivity contribution is 5.84. The average molecular weight is 515 g/mol. The number of carbonyl (C=O) groups excluding carboxylic acids is 1. The van der Waals surface area contributed by atoms with Crippen LogP contribution >= 0.6 is 0 Å². The van der Waals surface area contributed by atoms with Crippen molar-refractivity contribution in [2.45, 2.75) is 13.8 Å². The van der Waals surface area contributed by atoms with Gasteiger partial charge in [-0.15, -0.1) is 0 Å². The molecule has 3 N–H and O–H groups in total. The normalized spacial score (nSPS) is 16.6. The molecule has 11 nitrogen and oxygen atoms in total. The second-order valence-corrected chi connectivity index (χ2v) is 8.95. The Kier molecular flexibility index (Phi) is 11.7. The van der Waals surface area contributed by atoms with E-state index in [2.05, 4.69) is 48.7 Å². The highest BCUT2D eigenvalue weighted by atomic mass is 16.6. The Bertz CT molecular complexity index is 912. The summed E-state index contributed by atoms with van der Waals surface area (Å²) in [5.74, 6) is 1.98. The van der Waals surface area contributed by atoms with Crippen molar-refractivity contribution < 1.29 is 14.3 Å². The van der Waals surface area contributed by atoms with Gasteiger partial charge < -0.3 is 34.8 Å². The maximum atomic E-state index is 11.5. The summed E-state index contributed by atoms with van der Waals surface area (Å²) < 4.78 is 9.75. The van der Waals surface area contributed by atoms with Crippen LogP contribution in [-0.4, -0.2) is 112 Å². The largest absolute Gasteiger partial charge is 0.447 e. The number of anilines is 4. The number of nitrogens with one attached hydrogen (secondary N) is 1. The van der Waals surface area contributed by atoms with E-state index in [1.807, 2.05) is 24.3 Å². The number of pyridine rings is 2. The van der Waals surface area contributed by atoms with Crippen molar-refractivity contribution in [1.29, 1.82) is 0 Å². The van der Waals surface area contributed by atoms with E-state index in [9.17, 15) is 4.79 Å². The molecule has 0 aromatic carbocycles. The molecule has 4 rings (SSSR count). The first-order chi connectivity index (χ1) is 18.0. The molecule has 2 aliphatic heterocycles. The van der Waals surface area contributed by atoms with Crippen molar-refractivity contribution >= 4 is 29.1 Å². The number of aromatic nitrogens is 2. The van der Waals surface area contributed by atoms with Crippen molar-refractivity contribution in [1.82, 2.24) is 19.8 Å². The fraction of sp³-hybridized carbons (Fsp3) is 0.577. The van der Waals surface area contributed by atoms with Gasteiger partial charge in [-0.25, -0.2) is 14.8 Å². The van der Waals surface area contributed by atoms with Crippen LogP contribution in [0.2, 0.25) is 0 Å². The predicted octanol–water partition coefficient (Wildman–Crippen LogP) is 2.22. The quantitative estimate of drug-likeness (QED) is 0.509. The Labute approximate surface area is 220 Å². The number of nitrogens with zero attached hydrogens (tertiary/aromatic N) is 6. The number of likely N-dealkylation sites (N-methyl/N-ethyl adjacent to an activating group) is 2. The Morgan fingerprint density at radius 1 is 0.838 bits per heavy atom. The van der Waals surface area contributed by atoms with Gasteiger partial charge in [-0.05, 0) is 37.4 Å². The molecule has 0 spiro atoms. The van der Waals surface area contributed by atoms with Crippen LogP contribution in [0.3, 0.4) is 0 Å². The zero-order valence-electron chi connectivity index (χ0n) is 22.4. The van der Waals surface area contributed by atoms with Gasteiger partial charge in [0.05, 0.1) is 30.4 Å². The van der Waals surface area contributed by atoms with E-state index in [0.717, 1.165) is 82.8 Å². The van der Waals surface area contributed by atoms with Gasteiger partial charge in [0.25, 0.3) is 0 Å². The Morgan fingerprint density at radius 2 is 1.38 bits per heavy atom. The lowest BCUT2D eigenvalue weighted by Crippen LogP contribution is -2.46. The van der Waals surface area contributed by atoms with Crippen molar-refractivity contribution in [3.05, 3.63) is 36.7 Å². The van der Waals surface area contributed by atoms with Crippen LogP contribution in [0.5, 0.6) is 0 Å². The smallest absolute Gasteiger partial charge is 0.411 e. The number of methoxy groups -OCH3 is 1. The van der Waals surface area contributed by atoms with Gasteiger partial charge in [0.15, 0.2) is 0 Å². The Hall–Kier alpha value is -3.15. The van der Waals surface area contributed by atoms with Gasteiger partial charge in [0, 0.05) is 59.5 Å². The molecule has 2 saturated heterocycles. The number of rotatable bonds is 8. The summed E-state index contributed by atoms with van der Waals surface area (Å²) >= 11 is 0. The molecule has 2 fully saturated rings. The highest BCUT2D eigenvalue weighted by Crippen LogP contribution is 2.16. The third-order valence-electron chi connectivity index (χ3n) is 6.57. The average Bonchev–Trinajstić information content (AvgIpc) is 2.94. The SMILES string of the molecule is CCN1CCN(c2ccc(N)cn2)CC1.CCN1CCN(c2ccc(NC(=O)OCCOC)cn2)CC1. The van der Waals surface area contributed by atoms with Gasteiger partial charge in [0.1, 0.15) is 18.2 Å². The molecular formula is C26H42N8O3. The van der Waals surface area contributed by atoms with Crippen LogP contribution in [0.4, 0.5) is 27.8 Å². The Balaban J connectivity index is 0.000000220. The van der Waals surface area contributed by atoms with Crippen LogP contribution in [0.15, 0.2) is 36.7 Å². The standard InChI is InChI=1S/C15H24N4O3.C11H18N4/c1-3-18-6-8-19(9-7-18)14-5-4-13(12-16-14)17-15(20)22-11-10-21-2;1-2-14-5-7-15(8-6-14)11-4-3-10(12)9-13-11/h4-5,12H,3,6-11H2,1-2H3,(H,17,20);3-4,9H,2,5-8,12H2,1H3. The van der Waals surface area contributed by atoms with Crippen LogP contribution in [0, 0.1) is 0 Å². The first-order valence-electron chi connectivity index (χ1n) is 13.1. The van der Waals surface area contributed by atoms with Crippen molar-refractivity contribution in [2.75, 3.05) is 107 Å². The van der Waals surface area contributed by atoms with Crippen molar-refractivity contribution in [3.63, 3.8) is 0 Å². The predicted molar refractivity (Wildman–Crippen MR) is 148 cm³/mol. The molecule has 2 aromatic heterocycles. The van der Waals surface area contributed by atoms with Crippen molar-refractivity contribution in [2.24, 2.45) is 0 Å². The summed E-state index contributed by atoms with van der Waals surface area (Å²) in [5, 5.41) is 2.64. The molecule has 204 valence electrons. The summed E-state index contributed by atoms with van der Waals surface area (Å²) in [6.45, 7) is 15.7. The third-order valence-corrected chi connectivity index (χ3v) is 6.57. The second kappa shape index (κ2) is 15.2. The van der Waals surface area contributed by atoms with Gasteiger partial charge in [-0.3, -0.25) is 5.32 Å². The van der Waals surface area contributed by atoms with E-state index >= 15 is 0 Å². The number of carbonyl (C=O) groups is 1. The minimum absolute atomic E-state index is 0.232. The molecule has 0 saturated carbocycles. The Morgan fingerprint density at radius 3 is 1.81 bits per heavy atom. The van der Waals surface area contributed by atoms with Gasteiger partial charge in [0.2, 0.25) is 0 Å². The van der Waals surface area contributed by atoms with Crippen LogP contribution < -0.4 is 20.9 Å². The number of hydrogen-bond donors (Lipinski definition) is 2. The summed E-state index contributed by atoms with van der Waals surface area (Å²) in [4.78, 5) is 29.7. The lowest BCUT2D eigenvalue weighted by Gasteiger charge is -2.34. The van der Waals surface area contributed by atoms with Gasteiger partial charge >= 0.3 is 6.09 Å². The van der Waals surface area contributed by atoms with E-state index < -0.39 is 6.09 Å². The number of nitrogen functional groups attached to an aromatic ring is 1. The fourth-order valence-corrected chi connectivity index (χ4v) is 4.19. The van der Waals surface area contributed by atoms with E-state index in [-0.39, 0.29) is 6.61 Å². The van der Waals surface area contributed by atoms with E-state index in [0.29, 0.717) is 12.3 Å². The molecule has 1 amide bonds. The number of nitrogens with two attached hydrogens (primary N) is 1. The van der Waals surface area contributed by atoms with E-state index in [1.165, 1.54) is 0 Å². The number of amides is 1. The van der Waals surface area contributed by atoms with E-state index in [4.69, 9.17) is 15.2 Å². The minimum Gasteiger partial charge on any atom is -0.447 e. The van der Waals surface area contributed by atoms with Crippen molar-refractivity contribution in [3.8, 4) is 0 Å². The lowest BCUT2D eigenvalue weighted by molar-refractivity contribution is 0.107. The second-order valence-electron chi connectivity index (χ2n) is 8.95. The molecule has 0 atom stereocenters. The number of ether oxygens (including phenoxy) is 2. The fourth-order valence-electron chi connectivity index (χ4n) is 4.19. The molecule has 2 aromatic rings. The maximum absolute atomic E-state index is 11.5. The molecule has 2 aliphatic rings. The molecular weight excluding hydrogens is 472 g/mol. The molecule has 37 heavy (non-hydrogen) atoms. The summed E-state index contributed by atoms with van der Waals surface area (Å²) in [5.41, 5.74) is 6.96. The number of hydrogen-bond acceptors (Lipinski definition) is 10. The summed E-state index contributed by atoms with van der Waals surface area (Å²) in [6, 6.07) is 7.67. The molecule has 0 bridgehead atoms. The zero-order valence-corrected chi connectivity index (χ0v) is 22.4. The van der Waals surface area contributed by atoms with Crippen LogP contribution in [0.1, 0.15) is 13.8 Å². The summed E-state index contributed by atoms with van der Waals surface area (Å²) in [7, 11) is 1.56. The summed E-state index contributed by atoms with van der Waals surface area (Å²) in [6.07, 6.45) is 2.88. The molecule has 11 heteroatoms. The van der Waals surface area contributed by atoms with E-state index in [1.54, 1.807) is 19.5 Å². The third kappa shape index (κ3) is 9.34.